The maximum absolute atomic E-state index is 12.0. The monoisotopic (exact) mass is 375 g/mol. The van der Waals surface area contributed by atoms with E-state index in [1.807, 2.05) is 39.0 Å². The van der Waals surface area contributed by atoms with E-state index in [9.17, 15) is 4.79 Å². The van der Waals surface area contributed by atoms with Crippen molar-refractivity contribution in [2.45, 2.75) is 33.5 Å². The highest BCUT2D eigenvalue weighted by molar-refractivity contribution is 7.18. The van der Waals surface area contributed by atoms with Gasteiger partial charge in [-0.25, -0.2) is 9.97 Å². The summed E-state index contributed by atoms with van der Waals surface area (Å²) in [6.45, 7) is 6.87. The highest BCUT2D eigenvalue weighted by atomic mass is 32.1. The molecule has 0 saturated carbocycles. The third kappa shape index (κ3) is 4.80. The number of carbonyl (C=O) groups excluding carboxylic acids is 1. The number of aryl methyl sites for hydroxylation is 1. The van der Waals surface area contributed by atoms with Crippen molar-refractivity contribution >= 4 is 27.5 Å². The lowest BCUT2D eigenvalue weighted by atomic mass is 10.3. The van der Waals surface area contributed by atoms with Crippen LogP contribution in [0.25, 0.3) is 10.2 Å². The average molecular weight is 375 g/mol. The predicted octanol–water partition coefficient (Wildman–Crippen LogP) is 3.33. The highest BCUT2D eigenvalue weighted by Crippen LogP contribution is 2.25. The van der Waals surface area contributed by atoms with Gasteiger partial charge in [0.2, 0.25) is 5.89 Å². The first-order valence-corrected chi connectivity index (χ1v) is 9.17. The summed E-state index contributed by atoms with van der Waals surface area (Å²) in [5, 5.41) is 3.74. The van der Waals surface area contributed by atoms with Gasteiger partial charge in [-0.15, -0.1) is 11.3 Å². The Morgan fingerprint density at radius 1 is 1.35 bits per heavy atom. The molecule has 0 atom stereocenters. The van der Waals surface area contributed by atoms with E-state index in [0.29, 0.717) is 24.8 Å². The van der Waals surface area contributed by atoms with Crippen LogP contribution in [0, 0.1) is 6.92 Å². The Kier molecular flexibility index (Phi) is 5.85. The van der Waals surface area contributed by atoms with Crippen LogP contribution in [0.5, 0.6) is 5.75 Å². The minimum absolute atomic E-state index is 0.134. The number of nitrogens with one attached hydrogen (secondary N) is 1. The second kappa shape index (κ2) is 8.29. The van der Waals surface area contributed by atoms with Gasteiger partial charge in [-0.2, -0.15) is 0 Å². The number of amides is 1. The fourth-order valence-corrected chi connectivity index (χ4v) is 3.10. The molecule has 138 valence electrons. The summed E-state index contributed by atoms with van der Waals surface area (Å²) < 4.78 is 17.5. The minimum Gasteiger partial charge on any atom is -0.484 e. The molecule has 3 rings (SSSR count). The van der Waals surface area contributed by atoms with Gasteiger partial charge in [-0.05, 0) is 32.9 Å². The van der Waals surface area contributed by atoms with Crippen LogP contribution >= 0.6 is 11.3 Å². The lowest BCUT2D eigenvalue weighted by Gasteiger charge is -2.07. The van der Waals surface area contributed by atoms with Gasteiger partial charge in [0.05, 0.1) is 27.9 Å². The third-order valence-corrected chi connectivity index (χ3v) is 4.40. The van der Waals surface area contributed by atoms with Gasteiger partial charge in [-0.1, -0.05) is 0 Å². The maximum Gasteiger partial charge on any atom is 0.273 e. The van der Waals surface area contributed by atoms with Crippen LogP contribution in [0.2, 0.25) is 0 Å². The summed E-state index contributed by atoms with van der Waals surface area (Å²) in [5.41, 5.74) is 1.12. The quantitative estimate of drug-likeness (QED) is 0.608. The number of oxazole rings is 1. The van der Waals surface area contributed by atoms with Crippen molar-refractivity contribution in [2.75, 3.05) is 13.2 Å². The number of rotatable bonds is 8. The Labute approximate surface area is 155 Å². The van der Waals surface area contributed by atoms with Crippen LogP contribution in [-0.4, -0.2) is 35.1 Å². The molecule has 0 spiro atoms. The summed E-state index contributed by atoms with van der Waals surface area (Å²) >= 11 is 1.64. The first kappa shape index (κ1) is 18.3. The third-order valence-electron chi connectivity index (χ3n) is 3.45. The molecule has 2 aromatic heterocycles. The number of hydrogen-bond donors (Lipinski definition) is 1. The molecule has 0 unspecified atom stereocenters. The zero-order valence-corrected chi connectivity index (χ0v) is 15.8. The van der Waals surface area contributed by atoms with Gasteiger partial charge in [0.15, 0.2) is 12.3 Å². The Bertz CT molecular complexity index is 888. The molecule has 26 heavy (non-hydrogen) atoms. The second-order valence-electron chi connectivity index (χ2n) is 5.95. The number of benzene rings is 1. The molecule has 1 amide bonds. The first-order valence-electron chi connectivity index (χ1n) is 8.35. The summed E-state index contributed by atoms with van der Waals surface area (Å²) in [4.78, 5) is 20.6. The van der Waals surface area contributed by atoms with E-state index >= 15 is 0 Å². The van der Waals surface area contributed by atoms with Crippen LogP contribution in [-0.2, 0) is 11.3 Å². The first-order chi connectivity index (χ1) is 12.5. The molecule has 1 N–H and O–H groups in total. The highest BCUT2D eigenvalue weighted by Gasteiger charge is 2.12. The van der Waals surface area contributed by atoms with Crippen molar-refractivity contribution in [1.82, 2.24) is 15.3 Å². The maximum atomic E-state index is 12.0. The van der Waals surface area contributed by atoms with E-state index in [1.165, 1.54) is 6.26 Å². The molecule has 0 aliphatic heterocycles. The van der Waals surface area contributed by atoms with E-state index < -0.39 is 0 Å². The number of thiazole rings is 1. The number of ether oxygens (including phenoxy) is 2. The van der Waals surface area contributed by atoms with Crippen molar-refractivity contribution in [3.8, 4) is 5.75 Å². The summed E-state index contributed by atoms with van der Waals surface area (Å²) in [7, 11) is 0. The number of carbonyl (C=O) groups is 1. The molecule has 3 aromatic rings. The normalized spacial score (nSPS) is 11.2. The van der Waals surface area contributed by atoms with Crippen molar-refractivity contribution in [2.24, 2.45) is 0 Å². The van der Waals surface area contributed by atoms with Crippen molar-refractivity contribution in [3.05, 3.63) is 41.1 Å². The predicted molar refractivity (Wildman–Crippen MR) is 98.6 cm³/mol. The number of nitrogens with zero attached hydrogens (tertiary/aromatic N) is 2. The van der Waals surface area contributed by atoms with Gasteiger partial charge in [0, 0.05) is 12.6 Å². The topological polar surface area (TPSA) is 86.5 Å². The van der Waals surface area contributed by atoms with Gasteiger partial charge >= 0.3 is 0 Å². The summed E-state index contributed by atoms with van der Waals surface area (Å²) in [5.74, 6) is 0.715. The van der Waals surface area contributed by atoms with Gasteiger partial charge in [0.25, 0.3) is 5.91 Å². The van der Waals surface area contributed by atoms with E-state index in [-0.39, 0.29) is 24.3 Å². The molecule has 8 heteroatoms. The lowest BCUT2D eigenvalue weighted by Crippen LogP contribution is -2.28. The Morgan fingerprint density at radius 2 is 2.19 bits per heavy atom. The number of fused-ring (bicyclic) bond motifs is 1. The fourth-order valence-electron chi connectivity index (χ4n) is 2.29. The molecule has 2 heterocycles. The van der Waals surface area contributed by atoms with Gasteiger partial charge in [-0.3, -0.25) is 4.79 Å². The van der Waals surface area contributed by atoms with Crippen LogP contribution < -0.4 is 10.1 Å². The molecule has 0 radical (unpaired) electrons. The molecular formula is C18H21N3O4S. The lowest BCUT2D eigenvalue weighted by molar-refractivity contribution is 0.0745. The summed E-state index contributed by atoms with van der Waals surface area (Å²) in [6.07, 6.45) is 1.46. The number of aromatic nitrogens is 2. The average Bonchev–Trinajstić information content (AvgIpc) is 3.21. The van der Waals surface area contributed by atoms with Crippen LogP contribution in [0.15, 0.2) is 28.9 Å². The minimum atomic E-state index is -0.299. The van der Waals surface area contributed by atoms with Gasteiger partial charge < -0.3 is 19.2 Å². The summed E-state index contributed by atoms with van der Waals surface area (Å²) in [6, 6.07) is 5.73. The molecule has 0 bridgehead atoms. The van der Waals surface area contributed by atoms with Crippen molar-refractivity contribution in [3.63, 3.8) is 0 Å². The van der Waals surface area contributed by atoms with E-state index in [1.54, 1.807) is 11.3 Å². The molecule has 0 fully saturated rings. The smallest absolute Gasteiger partial charge is 0.273 e. The van der Waals surface area contributed by atoms with Gasteiger partial charge in [0.1, 0.15) is 12.0 Å². The Morgan fingerprint density at radius 3 is 3.00 bits per heavy atom. The van der Waals surface area contributed by atoms with Crippen LogP contribution in [0.3, 0.4) is 0 Å². The second-order valence-corrected chi connectivity index (χ2v) is 7.19. The standard InChI is InChI=1S/C18H21N3O4S/c1-11(2)23-7-6-19-18(22)15-9-25-17(21-15)10-24-13-4-5-16-14(8-13)20-12(3)26-16/h4-5,8-9,11H,6-7,10H2,1-3H3,(H,19,22). The molecule has 0 aliphatic carbocycles. The van der Waals surface area contributed by atoms with E-state index in [0.717, 1.165) is 15.2 Å². The Balaban J connectivity index is 1.51. The largest absolute Gasteiger partial charge is 0.484 e. The fraction of sp³-hybridized carbons (Fsp3) is 0.389. The van der Waals surface area contributed by atoms with Crippen LogP contribution in [0.1, 0.15) is 35.2 Å². The zero-order valence-electron chi connectivity index (χ0n) is 14.9. The molecule has 1 aromatic carbocycles. The van der Waals surface area contributed by atoms with Crippen molar-refractivity contribution in [1.29, 1.82) is 0 Å². The Hall–Kier alpha value is -2.45. The van der Waals surface area contributed by atoms with Crippen molar-refractivity contribution < 1.29 is 18.7 Å². The zero-order chi connectivity index (χ0) is 18.5. The van der Waals surface area contributed by atoms with Crippen LogP contribution in [0.4, 0.5) is 0 Å². The molecule has 0 saturated heterocycles. The van der Waals surface area contributed by atoms with E-state index in [2.05, 4.69) is 15.3 Å². The molecular weight excluding hydrogens is 354 g/mol. The van der Waals surface area contributed by atoms with E-state index in [4.69, 9.17) is 13.9 Å². The molecule has 0 aliphatic rings. The molecule has 7 nitrogen and oxygen atoms in total. The number of hydrogen-bond acceptors (Lipinski definition) is 7. The SMILES string of the molecule is Cc1nc2cc(OCc3nc(C(=O)NCCOC(C)C)co3)ccc2s1.